The van der Waals surface area contributed by atoms with Gasteiger partial charge in [0.05, 0.1) is 17.7 Å². The minimum atomic E-state index is -4.11. The lowest BCUT2D eigenvalue weighted by molar-refractivity contribution is -0.117. The van der Waals surface area contributed by atoms with Crippen molar-refractivity contribution in [3.8, 4) is 5.75 Å². The Morgan fingerprint density at radius 3 is 2.14 bits per heavy atom. The Bertz CT molecular complexity index is 1070. The molecule has 0 spiro atoms. The average molecular weight is 430 g/mol. The Morgan fingerprint density at radius 2 is 1.55 bits per heavy atom. The molecule has 150 valence electrons. The fourth-order valence-corrected chi connectivity index (χ4v) is 4.42. The van der Waals surface area contributed by atoms with E-state index in [4.69, 9.17) is 16.3 Å². The molecule has 0 heterocycles. The quantitative estimate of drug-likeness (QED) is 0.546. The van der Waals surface area contributed by atoms with Crippen LogP contribution in [0.4, 0.5) is 5.69 Å². The van der Waals surface area contributed by atoms with Crippen molar-refractivity contribution in [3.05, 3.63) is 89.4 Å². The molecule has 5 nitrogen and oxygen atoms in total. The van der Waals surface area contributed by atoms with Gasteiger partial charge in [0.1, 0.15) is 5.75 Å². The highest BCUT2D eigenvalue weighted by atomic mass is 35.5. The van der Waals surface area contributed by atoms with E-state index in [1.54, 1.807) is 24.3 Å². The molecule has 0 bridgehead atoms. The summed E-state index contributed by atoms with van der Waals surface area (Å²) in [6.07, 6.45) is 0.478. The number of rotatable bonds is 7. The molecule has 0 aromatic heterocycles. The van der Waals surface area contributed by atoms with Gasteiger partial charge in [0.25, 0.3) is 10.0 Å². The molecular weight excluding hydrogens is 410 g/mol. The van der Waals surface area contributed by atoms with E-state index in [0.29, 0.717) is 17.2 Å². The molecule has 0 N–H and O–H groups in total. The zero-order valence-corrected chi connectivity index (χ0v) is 17.4. The third-order valence-electron chi connectivity index (χ3n) is 4.36. The maximum Gasteiger partial charge on any atom is 0.270 e. The van der Waals surface area contributed by atoms with Gasteiger partial charge >= 0.3 is 0 Å². The van der Waals surface area contributed by atoms with E-state index < -0.39 is 15.9 Å². The number of carbonyl (C=O) groups is 1. The molecule has 0 saturated carbocycles. The summed E-state index contributed by atoms with van der Waals surface area (Å²) in [5.74, 6) is 0.0447. The predicted octanol–water partition coefficient (Wildman–Crippen LogP) is 4.70. The van der Waals surface area contributed by atoms with Crippen LogP contribution in [0.5, 0.6) is 5.75 Å². The molecule has 3 aromatic carbocycles. The number of sulfonamides is 1. The fourth-order valence-electron chi connectivity index (χ4n) is 2.84. The van der Waals surface area contributed by atoms with Crippen LogP contribution in [0.1, 0.15) is 12.0 Å². The first-order chi connectivity index (χ1) is 13.9. The summed E-state index contributed by atoms with van der Waals surface area (Å²) in [4.78, 5) is 13.0. The molecule has 3 rings (SSSR count). The Labute approximate surface area is 175 Å². The number of hydrogen-bond acceptors (Lipinski definition) is 4. The van der Waals surface area contributed by atoms with Gasteiger partial charge in [-0.15, -0.1) is 0 Å². The van der Waals surface area contributed by atoms with Gasteiger partial charge in [0.15, 0.2) is 0 Å². The van der Waals surface area contributed by atoms with Gasteiger partial charge in [-0.05, 0) is 60.5 Å². The van der Waals surface area contributed by atoms with Crippen LogP contribution >= 0.6 is 11.6 Å². The minimum Gasteiger partial charge on any atom is -0.497 e. The second kappa shape index (κ2) is 9.11. The molecule has 7 heteroatoms. The first kappa shape index (κ1) is 20.9. The average Bonchev–Trinajstić information content (AvgIpc) is 2.74. The molecule has 0 aliphatic heterocycles. The molecule has 0 unspecified atom stereocenters. The first-order valence-electron chi connectivity index (χ1n) is 8.93. The highest BCUT2D eigenvalue weighted by Gasteiger charge is 2.30. The van der Waals surface area contributed by atoms with E-state index in [1.807, 2.05) is 30.3 Å². The Balaban J connectivity index is 1.96. The third kappa shape index (κ3) is 4.96. The van der Waals surface area contributed by atoms with Gasteiger partial charge in [-0.1, -0.05) is 41.9 Å². The summed E-state index contributed by atoms with van der Waals surface area (Å²) in [7, 11) is -2.59. The van der Waals surface area contributed by atoms with Gasteiger partial charge in [-0.2, -0.15) is 0 Å². The van der Waals surface area contributed by atoms with Crippen LogP contribution < -0.4 is 9.04 Å². The summed E-state index contributed by atoms with van der Waals surface area (Å²) in [6.45, 7) is 0. The van der Waals surface area contributed by atoms with Gasteiger partial charge in [0.2, 0.25) is 5.91 Å². The second-order valence-electron chi connectivity index (χ2n) is 6.30. The van der Waals surface area contributed by atoms with Crippen molar-refractivity contribution < 1.29 is 17.9 Å². The van der Waals surface area contributed by atoms with E-state index in [2.05, 4.69) is 0 Å². The molecule has 0 radical (unpaired) electrons. The maximum absolute atomic E-state index is 13.3. The van der Waals surface area contributed by atoms with E-state index in [-0.39, 0.29) is 17.0 Å². The summed E-state index contributed by atoms with van der Waals surface area (Å²) >= 11 is 5.88. The molecule has 0 saturated heterocycles. The van der Waals surface area contributed by atoms with Crippen LogP contribution in [0.3, 0.4) is 0 Å². The number of aryl methyl sites for hydroxylation is 1. The largest absolute Gasteiger partial charge is 0.497 e. The molecule has 0 aliphatic rings. The number of hydrogen-bond donors (Lipinski definition) is 0. The normalized spacial score (nSPS) is 11.1. The van der Waals surface area contributed by atoms with Gasteiger partial charge in [-0.3, -0.25) is 4.79 Å². The van der Waals surface area contributed by atoms with Crippen molar-refractivity contribution in [2.45, 2.75) is 17.7 Å². The topological polar surface area (TPSA) is 63.7 Å². The molecule has 3 aromatic rings. The maximum atomic E-state index is 13.3. The highest BCUT2D eigenvalue weighted by molar-refractivity contribution is 7.93. The van der Waals surface area contributed by atoms with Crippen LogP contribution in [-0.2, 0) is 21.2 Å². The number of nitrogens with zero attached hydrogens (tertiary/aromatic N) is 1. The minimum absolute atomic E-state index is 0.00854. The SMILES string of the molecule is COc1ccc(N(C(=O)CCc2ccccc2)S(=O)(=O)c2ccc(Cl)cc2)cc1. The van der Waals surface area contributed by atoms with E-state index in [0.717, 1.165) is 9.87 Å². The van der Waals surface area contributed by atoms with Crippen molar-refractivity contribution in [2.24, 2.45) is 0 Å². The molecule has 1 amide bonds. The lowest BCUT2D eigenvalue weighted by Crippen LogP contribution is -2.37. The zero-order valence-electron chi connectivity index (χ0n) is 15.8. The lowest BCUT2D eigenvalue weighted by Gasteiger charge is -2.23. The standard InChI is InChI=1S/C22H20ClNO4S/c1-28-20-12-10-19(11-13-20)24(22(25)16-7-17-5-3-2-4-6-17)29(26,27)21-14-8-18(23)9-15-21/h2-6,8-15H,7,16H2,1H3. The first-order valence-corrected chi connectivity index (χ1v) is 10.8. The monoisotopic (exact) mass is 429 g/mol. The Hall–Kier alpha value is -2.83. The van der Waals surface area contributed by atoms with Crippen molar-refractivity contribution >= 4 is 33.2 Å². The number of anilines is 1. The van der Waals surface area contributed by atoms with Crippen molar-refractivity contribution in [1.29, 1.82) is 0 Å². The summed E-state index contributed by atoms with van der Waals surface area (Å²) in [5, 5.41) is 0.412. The number of carbonyl (C=O) groups excluding carboxylic acids is 1. The summed E-state index contributed by atoms with van der Waals surface area (Å²) in [6, 6.07) is 21.5. The van der Waals surface area contributed by atoms with Crippen molar-refractivity contribution in [1.82, 2.24) is 0 Å². The Kier molecular flexibility index (Phi) is 6.56. The number of benzene rings is 3. The number of halogens is 1. The van der Waals surface area contributed by atoms with Gasteiger partial charge in [-0.25, -0.2) is 12.7 Å². The van der Waals surface area contributed by atoms with E-state index in [9.17, 15) is 13.2 Å². The highest BCUT2D eigenvalue weighted by Crippen LogP contribution is 2.27. The van der Waals surface area contributed by atoms with Gasteiger partial charge < -0.3 is 4.74 Å². The number of ether oxygens (including phenoxy) is 1. The molecule has 0 atom stereocenters. The number of amides is 1. The predicted molar refractivity (Wildman–Crippen MR) is 114 cm³/mol. The van der Waals surface area contributed by atoms with Crippen molar-refractivity contribution in [3.63, 3.8) is 0 Å². The molecule has 0 fully saturated rings. The summed E-state index contributed by atoms with van der Waals surface area (Å²) < 4.78 is 32.5. The molecule has 29 heavy (non-hydrogen) atoms. The van der Waals surface area contributed by atoms with E-state index in [1.165, 1.54) is 31.4 Å². The van der Waals surface area contributed by atoms with E-state index >= 15 is 0 Å². The van der Waals surface area contributed by atoms with Crippen LogP contribution in [0.2, 0.25) is 5.02 Å². The Morgan fingerprint density at radius 1 is 0.931 bits per heavy atom. The lowest BCUT2D eigenvalue weighted by atomic mass is 10.1. The van der Waals surface area contributed by atoms with Crippen LogP contribution in [0.15, 0.2) is 83.8 Å². The summed E-state index contributed by atoms with van der Waals surface area (Å²) in [5.41, 5.74) is 1.21. The fraction of sp³-hybridized carbons (Fsp3) is 0.136. The van der Waals surface area contributed by atoms with Crippen molar-refractivity contribution in [2.75, 3.05) is 11.4 Å². The smallest absolute Gasteiger partial charge is 0.270 e. The molecular formula is C22H20ClNO4S. The third-order valence-corrected chi connectivity index (χ3v) is 6.37. The van der Waals surface area contributed by atoms with Crippen LogP contribution in [0.25, 0.3) is 0 Å². The number of methoxy groups -OCH3 is 1. The van der Waals surface area contributed by atoms with Crippen LogP contribution in [0, 0.1) is 0 Å². The van der Waals surface area contributed by atoms with Crippen LogP contribution in [-0.4, -0.2) is 21.4 Å². The zero-order chi connectivity index (χ0) is 20.9. The van der Waals surface area contributed by atoms with Gasteiger partial charge in [0, 0.05) is 11.4 Å². The molecule has 0 aliphatic carbocycles. The second-order valence-corrected chi connectivity index (χ2v) is 8.52.